The molecule has 0 radical (unpaired) electrons. The van der Waals surface area contributed by atoms with Gasteiger partial charge in [-0.05, 0) is 29.5 Å². The molecule has 3 rings (SSSR count). The van der Waals surface area contributed by atoms with Gasteiger partial charge in [-0.1, -0.05) is 104 Å². The Balaban J connectivity index is 2.00. The molecule has 1 atom stereocenters. The van der Waals surface area contributed by atoms with Crippen LogP contribution in [0.5, 0.6) is 0 Å². The number of thiol groups is 1. The van der Waals surface area contributed by atoms with E-state index < -0.39 is 11.2 Å². The number of hydrogen-bond acceptors (Lipinski definition) is 2. The SMILES string of the molecule is O=C(O)C(S)CCCCC(c1ccccc1)(c1ccccc1)c1ccccc1. The van der Waals surface area contributed by atoms with Gasteiger partial charge < -0.3 is 5.11 Å². The van der Waals surface area contributed by atoms with Crippen LogP contribution in [0.15, 0.2) is 91.0 Å². The number of aliphatic carboxylic acids is 1. The highest BCUT2D eigenvalue weighted by Gasteiger charge is 2.35. The number of hydrogen-bond donors (Lipinski definition) is 2. The molecular formula is C25H26O2S. The zero-order valence-corrected chi connectivity index (χ0v) is 16.8. The van der Waals surface area contributed by atoms with E-state index in [2.05, 4.69) is 85.4 Å². The van der Waals surface area contributed by atoms with Gasteiger partial charge in [-0.15, -0.1) is 0 Å². The molecule has 144 valence electrons. The lowest BCUT2D eigenvalue weighted by Crippen LogP contribution is -2.29. The largest absolute Gasteiger partial charge is 0.480 e. The average Bonchev–Trinajstić information content (AvgIpc) is 2.75. The first kappa shape index (κ1) is 20.2. The van der Waals surface area contributed by atoms with Crippen LogP contribution in [0.2, 0.25) is 0 Å². The van der Waals surface area contributed by atoms with Crippen LogP contribution in [0.1, 0.15) is 42.4 Å². The summed E-state index contributed by atoms with van der Waals surface area (Å²) in [5.41, 5.74) is 3.51. The highest BCUT2D eigenvalue weighted by Crippen LogP contribution is 2.43. The first-order chi connectivity index (χ1) is 13.6. The second kappa shape index (κ2) is 9.61. The van der Waals surface area contributed by atoms with E-state index in [1.165, 1.54) is 16.7 Å². The Morgan fingerprint density at radius 3 is 1.50 bits per heavy atom. The number of unbranched alkanes of at least 4 members (excludes halogenated alkanes) is 1. The predicted octanol–water partition coefficient (Wildman–Crippen LogP) is 5.96. The molecule has 0 bridgehead atoms. The van der Waals surface area contributed by atoms with Gasteiger partial charge in [0.05, 0.1) is 5.25 Å². The molecule has 3 aromatic carbocycles. The Morgan fingerprint density at radius 1 is 0.750 bits per heavy atom. The predicted molar refractivity (Wildman–Crippen MR) is 118 cm³/mol. The Hall–Kier alpha value is -2.52. The molecule has 0 spiro atoms. The van der Waals surface area contributed by atoms with Crippen LogP contribution in [-0.4, -0.2) is 16.3 Å². The molecule has 0 amide bonds. The van der Waals surface area contributed by atoms with Crippen molar-refractivity contribution in [2.24, 2.45) is 0 Å². The minimum Gasteiger partial charge on any atom is -0.480 e. The maximum Gasteiger partial charge on any atom is 0.316 e. The van der Waals surface area contributed by atoms with E-state index >= 15 is 0 Å². The van der Waals surface area contributed by atoms with Crippen molar-refractivity contribution >= 4 is 18.6 Å². The van der Waals surface area contributed by atoms with Crippen LogP contribution in [0.3, 0.4) is 0 Å². The lowest BCUT2D eigenvalue weighted by Gasteiger charge is -2.36. The van der Waals surface area contributed by atoms with Gasteiger partial charge in [0.2, 0.25) is 0 Å². The van der Waals surface area contributed by atoms with Crippen molar-refractivity contribution in [2.75, 3.05) is 0 Å². The van der Waals surface area contributed by atoms with Gasteiger partial charge in [-0.3, -0.25) is 4.79 Å². The van der Waals surface area contributed by atoms with Crippen LogP contribution in [0.25, 0.3) is 0 Å². The third kappa shape index (κ3) is 4.48. The molecule has 0 aliphatic heterocycles. The summed E-state index contributed by atoms with van der Waals surface area (Å²) in [6.45, 7) is 0. The smallest absolute Gasteiger partial charge is 0.316 e. The van der Waals surface area contributed by atoms with Crippen LogP contribution in [0.4, 0.5) is 0 Å². The van der Waals surface area contributed by atoms with Crippen molar-refractivity contribution < 1.29 is 9.90 Å². The van der Waals surface area contributed by atoms with Gasteiger partial charge in [0.25, 0.3) is 0 Å². The molecule has 0 aliphatic rings. The van der Waals surface area contributed by atoms with Gasteiger partial charge in [0.1, 0.15) is 0 Å². The number of benzene rings is 3. The summed E-state index contributed by atoms with van der Waals surface area (Å²) >= 11 is 4.18. The minimum absolute atomic E-state index is 0.265. The second-order valence-electron chi connectivity index (χ2n) is 7.10. The minimum atomic E-state index is -0.844. The summed E-state index contributed by atoms with van der Waals surface area (Å²) in [6.07, 6.45) is 3.23. The first-order valence-electron chi connectivity index (χ1n) is 9.72. The fourth-order valence-corrected chi connectivity index (χ4v) is 4.13. The third-order valence-electron chi connectivity index (χ3n) is 5.36. The topological polar surface area (TPSA) is 37.3 Å². The van der Waals surface area contributed by atoms with E-state index in [1.807, 2.05) is 18.2 Å². The molecule has 0 aliphatic carbocycles. The molecule has 0 saturated carbocycles. The standard InChI is InChI=1S/C25H26O2S/c26-24(27)23(28)18-10-11-19-25(20-12-4-1-5-13-20,21-14-6-2-7-15-21)22-16-8-3-9-17-22/h1-9,12-17,23,28H,10-11,18-19H2,(H,26,27). The fourth-order valence-electron chi connectivity index (χ4n) is 3.95. The van der Waals surface area contributed by atoms with Crippen molar-refractivity contribution in [2.45, 2.75) is 36.3 Å². The Kier molecular flexibility index (Phi) is 6.94. The summed E-state index contributed by atoms with van der Waals surface area (Å²) in [7, 11) is 0. The van der Waals surface area contributed by atoms with Gasteiger partial charge >= 0.3 is 5.97 Å². The maximum atomic E-state index is 11.1. The van der Waals surface area contributed by atoms with Gasteiger partial charge in [-0.2, -0.15) is 12.6 Å². The summed E-state index contributed by atoms with van der Waals surface area (Å²) < 4.78 is 0. The van der Waals surface area contributed by atoms with E-state index in [4.69, 9.17) is 5.11 Å². The van der Waals surface area contributed by atoms with Crippen LogP contribution < -0.4 is 0 Å². The van der Waals surface area contributed by atoms with E-state index in [0.717, 1.165) is 19.3 Å². The molecule has 0 aromatic heterocycles. The molecule has 1 unspecified atom stereocenters. The van der Waals surface area contributed by atoms with Crippen LogP contribution >= 0.6 is 12.6 Å². The summed E-state index contributed by atoms with van der Waals surface area (Å²) in [5, 5.41) is 8.50. The maximum absolute atomic E-state index is 11.1. The third-order valence-corrected chi connectivity index (χ3v) is 5.84. The van der Waals surface area contributed by atoms with E-state index in [0.29, 0.717) is 6.42 Å². The van der Waals surface area contributed by atoms with Gasteiger partial charge in [-0.25, -0.2) is 0 Å². The number of carboxylic acids is 1. The zero-order valence-electron chi connectivity index (χ0n) is 15.9. The van der Waals surface area contributed by atoms with Crippen molar-refractivity contribution in [1.82, 2.24) is 0 Å². The Labute approximate surface area is 172 Å². The summed E-state index contributed by atoms with van der Waals surface area (Å²) in [6, 6.07) is 31.8. The molecule has 28 heavy (non-hydrogen) atoms. The van der Waals surface area contributed by atoms with E-state index in [-0.39, 0.29) is 5.41 Å². The molecule has 0 saturated heterocycles. The van der Waals surface area contributed by atoms with Crippen molar-refractivity contribution in [3.05, 3.63) is 108 Å². The van der Waals surface area contributed by atoms with Crippen LogP contribution in [-0.2, 0) is 10.2 Å². The quantitative estimate of drug-likeness (QED) is 0.268. The van der Waals surface area contributed by atoms with Gasteiger partial charge in [0, 0.05) is 5.41 Å². The van der Waals surface area contributed by atoms with Crippen molar-refractivity contribution in [1.29, 1.82) is 0 Å². The molecule has 0 fully saturated rings. The Bertz CT molecular complexity index is 766. The highest BCUT2D eigenvalue weighted by atomic mass is 32.1. The molecular weight excluding hydrogens is 364 g/mol. The fraction of sp³-hybridized carbons (Fsp3) is 0.240. The monoisotopic (exact) mass is 390 g/mol. The summed E-state index contributed by atoms with van der Waals surface area (Å²) in [5.74, 6) is -0.844. The molecule has 0 heterocycles. The normalized spacial score (nSPS) is 12.5. The number of carbonyl (C=O) groups is 1. The lowest BCUT2D eigenvalue weighted by molar-refractivity contribution is -0.136. The second-order valence-corrected chi connectivity index (χ2v) is 7.73. The molecule has 2 nitrogen and oxygen atoms in total. The summed E-state index contributed by atoms with van der Waals surface area (Å²) in [4.78, 5) is 11.1. The molecule has 1 N–H and O–H groups in total. The number of rotatable bonds is 9. The zero-order chi connectivity index (χ0) is 19.8. The molecule has 3 aromatic rings. The van der Waals surface area contributed by atoms with E-state index in [9.17, 15) is 4.79 Å². The van der Waals surface area contributed by atoms with Crippen LogP contribution in [0, 0.1) is 0 Å². The Morgan fingerprint density at radius 2 is 1.14 bits per heavy atom. The lowest BCUT2D eigenvalue weighted by atomic mass is 9.66. The molecule has 3 heteroatoms. The first-order valence-corrected chi connectivity index (χ1v) is 10.2. The highest BCUT2D eigenvalue weighted by molar-refractivity contribution is 7.81. The van der Waals surface area contributed by atoms with Crippen molar-refractivity contribution in [3.8, 4) is 0 Å². The number of carboxylic acid groups (broad SMARTS) is 1. The van der Waals surface area contributed by atoms with Crippen molar-refractivity contribution in [3.63, 3.8) is 0 Å². The van der Waals surface area contributed by atoms with E-state index in [1.54, 1.807) is 0 Å². The average molecular weight is 391 g/mol. The van der Waals surface area contributed by atoms with Gasteiger partial charge in [0.15, 0.2) is 0 Å².